The van der Waals surface area contributed by atoms with Gasteiger partial charge < -0.3 is 23.8 Å². The molecule has 1 atom stereocenters. The largest absolute Gasteiger partial charge is 0.497 e. The maximum atomic E-state index is 13.5. The molecule has 4 rings (SSSR count). The Labute approximate surface area is 198 Å². The van der Waals surface area contributed by atoms with E-state index in [4.69, 9.17) is 30.5 Å². The van der Waals surface area contributed by atoms with Gasteiger partial charge in [0.15, 0.2) is 11.5 Å². The first-order valence-corrected chi connectivity index (χ1v) is 11.0. The first-order chi connectivity index (χ1) is 16.0. The molecule has 0 saturated carbocycles. The van der Waals surface area contributed by atoms with Crippen LogP contribution in [0.5, 0.6) is 23.0 Å². The molecule has 1 aliphatic heterocycles. The third-order valence-corrected chi connectivity index (χ3v) is 6.16. The molecule has 0 spiro atoms. The number of amides is 1. The average Bonchev–Trinajstić information content (AvgIpc) is 2.86. The highest BCUT2D eigenvalue weighted by atomic mass is 35.5. The number of nitrogens with zero attached hydrogens (tertiary/aromatic N) is 1. The van der Waals surface area contributed by atoms with E-state index in [-0.39, 0.29) is 18.6 Å². The van der Waals surface area contributed by atoms with E-state index in [0.717, 1.165) is 16.9 Å². The minimum atomic E-state index is -0.334. The zero-order valence-corrected chi connectivity index (χ0v) is 19.6. The summed E-state index contributed by atoms with van der Waals surface area (Å²) in [5.41, 5.74) is 2.53. The van der Waals surface area contributed by atoms with Crippen molar-refractivity contribution < 1.29 is 23.7 Å². The van der Waals surface area contributed by atoms with Gasteiger partial charge in [-0.15, -0.1) is 0 Å². The summed E-state index contributed by atoms with van der Waals surface area (Å²) in [5.74, 6) is 2.57. The number of carbonyl (C=O) groups is 1. The van der Waals surface area contributed by atoms with Crippen molar-refractivity contribution in [2.75, 3.05) is 34.5 Å². The predicted molar refractivity (Wildman–Crippen MR) is 127 cm³/mol. The van der Waals surface area contributed by atoms with Crippen LogP contribution in [0.25, 0.3) is 0 Å². The van der Waals surface area contributed by atoms with E-state index in [1.807, 2.05) is 53.4 Å². The number of methoxy groups -OCH3 is 3. The van der Waals surface area contributed by atoms with Crippen molar-refractivity contribution in [1.29, 1.82) is 0 Å². The second kappa shape index (κ2) is 10.0. The van der Waals surface area contributed by atoms with Gasteiger partial charge in [0.05, 0.1) is 38.0 Å². The molecule has 0 aliphatic carbocycles. The Morgan fingerprint density at radius 3 is 2.27 bits per heavy atom. The minimum absolute atomic E-state index is 0.135. The van der Waals surface area contributed by atoms with Crippen LogP contribution in [0.3, 0.4) is 0 Å². The molecule has 6 nitrogen and oxygen atoms in total. The van der Waals surface area contributed by atoms with Crippen LogP contribution < -0.4 is 18.9 Å². The lowest BCUT2D eigenvalue weighted by molar-refractivity contribution is 0.0589. The van der Waals surface area contributed by atoms with Gasteiger partial charge in [-0.25, -0.2) is 0 Å². The molecule has 0 fully saturated rings. The molecule has 0 saturated heterocycles. The van der Waals surface area contributed by atoms with E-state index in [9.17, 15) is 4.79 Å². The molecular formula is C26H26ClNO5. The third-order valence-electron chi connectivity index (χ3n) is 5.84. The monoisotopic (exact) mass is 467 g/mol. The van der Waals surface area contributed by atoms with Gasteiger partial charge in [-0.2, -0.15) is 0 Å². The molecular weight excluding hydrogens is 442 g/mol. The van der Waals surface area contributed by atoms with Crippen molar-refractivity contribution >= 4 is 17.5 Å². The maximum absolute atomic E-state index is 13.5. The van der Waals surface area contributed by atoms with Crippen LogP contribution in [0.15, 0.2) is 60.7 Å². The fraction of sp³-hybridized carbons (Fsp3) is 0.269. The number of hydrogen-bond donors (Lipinski definition) is 0. The summed E-state index contributed by atoms with van der Waals surface area (Å²) in [5, 5.41) is 0.426. The second-order valence-corrected chi connectivity index (χ2v) is 8.04. The van der Waals surface area contributed by atoms with Crippen LogP contribution >= 0.6 is 11.6 Å². The van der Waals surface area contributed by atoms with Crippen LogP contribution in [0.4, 0.5) is 0 Å². The molecule has 1 aliphatic rings. The normalized spacial score (nSPS) is 14.9. The van der Waals surface area contributed by atoms with Gasteiger partial charge in [0.2, 0.25) is 0 Å². The molecule has 33 heavy (non-hydrogen) atoms. The van der Waals surface area contributed by atoms with Crippen molar-refractivity contribution in [1.82, 2.24) is 4.90 Å². The fourth-order valence-electron chi connectivity index (χ4n) is 4.09. The highest BCUT2D eigenvalue weighted by Crippen LogP contribution is 2.39. The summed E-state index contributed by atoms with van der Waals surface area (Å²) in [6.07, 6.45) is 0.685. The van der Waals surface area contributed by atoms with Gasteiger partial charge in [0.25, 0.3) is 5.91 Å². The minimum Gasteiger partial charge on any atom is -0.497 e. The molecule has 0 aromatic heterocycles. The van der Waals surface area contributed by atoms with Crippen LogP contribution in [-0.2, 0) is 6.42 Å². The SMILES string of the molecule is COc1ccc(OC[C@H]2c3cc(OC)c(OC)cc3CCN2C(=O)c2ccccc2Cl)cc1. The molecule has 3 aromatic rings. The Bertz CT molecular complexity index is 1130. The molecule has 0 N–H and O–H groups in total. The van der Waals surface area contributed by atoms with E-state index in [1.54, 1.807) is 33.5 Å². The topological polar surface area (TPSA) is 57.2 Å². The lowest BCUT2D eigenvalue weighted by atomic mass is 9.91. The van der Waals surface area contributed by atoms with Gasteiger partial charge >= 0.3 is 0 Å². The number of benzene rings is 3. The Morgan fingerprint density at radius 1 is 0.939 bits per heavy atom. The molecule has 0 radical (unpaired) electrons. The van der Waals surface area contributed by atoms with E-state index in [2.05, 4.69) is 0 Å². The summed E-state index contributed by atoms with van der Waals surface area (Å²) in [7, 11) is 4.84. The van der Waals surface area contributed by atoms with E-state index in [1.165, 1.54) is 0 Å². The lowest BCUT2D eigenvalue weighted by Gasteiger charge is -2.37. The summed E-state index contributed by atoms with van der Waals surface area (Å²) < 4.78 is 22.4. The van der Waals surface area contributed by atoms with E-state index in [0.29, 0.717) is 40.8 Å². The number of carbonyl (C=O) groups excluding carboxylic acids is 1. The maximum Gasteiger partial charge on any atom is 0.256 e. The van der Waals surface area contributed by atoms with Gasteiger partial charge in [-0.3, -0.25) is 4.79 Å². The predicted octanol–water partition coefficient (Wildman–Crippen LogP) is 5.18. The van der Waals surface area contributed by atoms with Gasteiger partial charge in [-0.1, -0.05) is 23.7 Å². The van der Waals surface area contributed by atoms with Crippen molar-refractivity contribution in [2.45, 2.75) is 12.5 Å². The smallest absolute Gasteiger partial charge is 0.256 e. The quantitative estimate of drug-likeness (QED) is 0.479. The molecule has 1 heterocycles. The molecule has 7 heteroatoms. The Morgan fingerprint density at radius 2 is 1.61 bits per heavy atom. The molecule has 0 bridgehead atoms. The number of fused-ring (bicyclic) bond motifs is 1. The number of ether oxygens (including phenoxy) is 4. The molecule has 1 amide bonds. The van der Waals surface area contributed by atoms with Gasteiger partial charge in [-0.05, 0) is 66.1 Å². The molecule has 3 aromatic carbocycles. The first kappa shape index (κ1) is 22.8. The van der Waals surface area contributed by atoms with Crippen LogP contribution in [0.2, 0.25) is 5.02 Å². The van der Waals surface area contributed by atoms with Crippen molar-refractivity contribution in [3.63, 3.8) is 0 Å². The second-order valence-electron chi connectivity index (χ2n) is 7.64. The zero-order valence-electron chi connectivity index (χ0n) is 18.8. The van der Waals surface area contributed by atoms with E-state index >= 15 is 0 Å². The van der Waals surface area contributed by atoms with Crippen LogP contribution in [0, 0.1) is 0 Å². The molecule has 172 valence electrons. The molecule has 0 unspecified atom stereocenters. The highest BCUT2D eigenvalue weighted by molar-refractivity contribution is 6.33. The van der Waals surface area contributed by atoms with E-state index < -0.39 is 0 Å². The summed E-state index contributed by atoms with van der Waals surface area (Å²) in [6, 6.07) is 18.0. The fourth-order valence-corrected chi connectivity index (χ4v) is 4.30. The van der Waals surface area contributed by atoms with Crippen LogP contribution in [-0.4, -0.2) is 45.3 Å². The van der Waals surface area contributed by atoms with Gasteiger partial charge in [0.1, 0.15) is 18.1 Å². The summed E-state index contributed by atoms with van der Waals surface area (Å²) in [4.78, 5) is 15.3. The lowest BCUT2D eigenvalue weighted by Crippen LogP contribution is -2.42. The standard InChI is InChI=1S/C26H26ClNO5/c1-30-18-8-10-19(11-9-18)33-16-23-21-15-25(32-3)24(31-2)14-17(21)12-13-28(23)26(29)20-6-4-5-7-22(20)27/h4-11,14-15,23H,12-13,16H2,1-3H3/t23-/m0/s1. The zero-order chi connectivity index (χ0) is 23.4. The number of hydrogen-bond acceptors (Lipinski definition) is 5. The Hall–Kier alpha value is -3.38. The Balaban J connectivity index is 1.70. The highest BCUT2D eigenvalue weighted by Gasteiger charge is 2.34. The third kappa shape index (κ3) is 4.71. The first-order valence-electron chi connectivity index (χ1n) is 10.6. The van der Waals surface area contributed by atoms with Crippen molar-refractivity contribution in [2.24, 2.45) is 0 Å². The summed E-state index contributed by atoms with van der Waals surface area (Å²) in [6.45, 7) is 0.800. The number of halogens is 1. The van der Waals surface area contributed by atoms with Crippen molar-refractivity contribution in [3.05, 3.63) is 82.4 Å². The van der Waals surface area contributed by atoms with Gasteiger partial charge in [0, 0.05) is 6.54 Å². The van der Waals surface area contributed by atoms with Crippen LogP contribution in [0.1, 0.15) is 27.5 Å². The number of rotatable bonds is 7. The average molecular weight is 468 g/mol. The Kier molecular flexibility index (Phi) is 6.94. The van der Waals surface area contributed by atoms with Crippen molar-refractivity contribution in [3.8, 4) is 23.0 Å². The summed E-state index contributed by atoms with van der Waals surface area (Å²) >= 11 is 6.35.